The zero-order valence-electron chi connectivity index (χ0n) is 55.6. The smallest absolute Gasteiger partial charge is 0.330 e. The minimum Gasteiger partial charge on any atom is -0.504 e. The number of aryl methyl sites for hydroxylation is 3. The quantitative estimate of drug-likeness (QED) is 0.0425. The van der Waals surface area contributed by atoms with Gasteiger partial charge in [-0.25, -0.2) is 4.79 Å². The Morgan fingerprint density at radius 3 is 1.44 bits per heavy atom. The van der Waals surface area contributed by atoms with Gasteiger partial charge in [-0.1, -0.05) is 86.6 Å². The van der Waals surface area contributed by atoms with E-state index in [-0.39, 0.29) is 74.9 Å². The molecule has 8 aliphatic heterocycles. The number of phenolic OH excluding ortho intramolecular Hbond substituents is 2. The molecule has 8 aliphatic rings. The lowest BCUT2D eigenvalue weighted by atomic mass is 9.73. The van der Waals surface area contributed by atoms with Crippen LogP contribution in [-0.4, -0.2) is 155 Å². The summed E-state index contributed by atoms with van der Waals surface area (Å²) >= 11 is 0. The van der Waals surface area contributed by atoms with Gasteiger partial charge in [-0.05, 0) is 112 Å². The first-order valence-corrected chi connectivity index (χ1v) is 32.9. The number of hydrogen-bond acceptors (Lipinski definition) is 22. The van der Waals surface area contributed by atoms with Crippen LogP contribution < -0.4 is 37.9 Å². The maximum atomic E-state index is 13.2. The molecule has 2 saturated heterocycles. The van der Waals surface area contributed by atoms with E-state index in [1.165, 1.54) is 19.9 Å². The lowest BCUT2D eigenvalue weighted by Gasteiger charge is -2.60. The number of hydrogen-bond donors (Lipinski definition) is 4. The molecule has 0 aromatic heterocycles. The summed E-state index contributed by atoms with van der Waals surface area (Å²) in [6, 6.07) is 19.7. The van der Waals surface area contributed by atoms with Crippen molar-refractivity contribution in [3.05, 3.63) is 157 Å². The van der Waals surface area contributed by atoms with Crippen LogP contribution in [-0.2, 0) is 60.8 Å². The van der Waals surface area contributed by atoms with Gasteiger partial charge in [0, 0.05) is 82.9 Å². The molecule has 506 valence electrons. The van der Waals surface area contributed by atoms with E-state index in [1.807, 2.05) is 124 Å². The average Bonchev–Trinajstić information content (AvgIpc) is 0.721. The van der Waals surface area contributed by atoms with Crippen LogP contribution in [0.4, 0.5) is 0 Å². The molecule has 10 atom stereocenters. The van der Waals surface area contributed by atoms with E-state index < -0.39 is 54.5 Å². The van der Waals surface area contributed by atoms with Crippen LogP contribution in [0.25, 0.3) is 6.08 Å². The molecule has 0 aliphatic carbocycles. The highest BCUT2D eigenvalue weighted by molar-refractivity contribution is 5.87. The predicted molar refractivity (Wildman–Crippen MR) is 350 cm³/mol. The van der Waals surface area contributed by atoms with Gasteiger partial charge in [-0.15, -0.1) is 0 Å². The summed E-state index contributed by atoms with van der Waals surface area (Å²) in [5.74, 6) is 1.74. The number of carbonyl (C=O) groups excluding carboxylic acids is 4. The van der Waals surface area contributed by atoms with Crippen LogP contribution in [0.1, 0.15) is 136 Å². The fourth-order valence-corrected chi connectivity index (χ4v) is 16.8. The summed E-state index contributed by atoms with van der Waals surface area (Å²) in [6.45, 7) is 15.2. The number of aliphatic hydroxyl groups excluding tert-OH is 2. The zero-order chi connectivity index (χ0) is 67.7. The number of esters is 4. The molecule has 6 aromatic carbocycles. The molecule has 0 amide bonds. The van der Waals surface area contributed by atoms with E-state index in [0.29, 0.717) is 119 Å². The normalized spacial score (nSPS) is 24.0. The number of ether oxygens (including phenoxy) is 10. The Morgan fingerprint density at radius 1 is 0.562 bits per heavy atom. The topological polar surface area (TPSA) is 254 Å². The summed E-state index contributed by atoms with van der Waals surface area (Å²) in [6.07, 6.45) is 3.55. The van der Waals surface area contributed by atoms with Crippen molar-refractivity contribution in [1.29, 1.82) is 0 Å². The predicted octanol–water partition coefficient (Wildman–Crippen LogP) is 8.95. The van der Waals surface area contributed by atoms with Gasteiger partial charge in [0.25, 0.3) is 0 Å². The van der Waals surface area contributed by atoms with Crippen molar-refractivity contribution in [2.45, 2.75) is 155 Å². The number of nitrogens with zero attached hydrogens (tertiary/aromatic N) is 4. The first-order valence-electron chi connectivity index (χ1n) is 32.9. The molecule has 0 radical (unpaired) electrons. The molecule has 0 spiro atoms. The Labute approximate surface area is 557 Å². The van der Waals surface area contributed by atoms with E-state index in [4.69, 9.17) is 47.4 Å². The first kappa shape index (κ1) is 65.7. The van der Waals surface area contributed by atoms with Gasteiger partial charge >= 0.3 is 23.9 Å². The summed E-state index contributed by atoms with van der Waals surface area (Å²) < 4.78 is 58.9. The minimum atomic E-state index is -0.975. The number of methoxy groups -OCH3 is 2. The van der Waals surface area contributed by atoms with Gasteiger partial charge in [0.2, 0.25) is 13.6 Å². The molecule has 22 heteroatoms. The number of aliphatic hydroxyl groups is 2. The van der Waals surface area contributed by atoms with Gasteiger partial charge in [0.15, 0.2) is 46.0 Å². The lowest BCUT2D eigenvalue weighted by Crippen LogP contribution is -2.69. The van der Waals surface area contributed by atoms with Crippen molar-refractivity contribution in [1.82, 2.24) is 19.6 Å². The molecule has 96 heavy (non-hydrogen) atoms. The van der Waals surface area contributed by atoms with Gasteiger partial charge in [-0.3, -0.25) is 34.0 Å². The second kappa shape index (κ2) is 26.6. The number of fused-ring (bicyclic) bond motifs is 18. The average molecular weight is 1320 g/mol. The molecular weight excluding hydrogens is 1230 g/mol. The van der Waals surface area contributed by atoms with E-state index >= 15 is 0 Å². The molecule has 14 rings (SSSR count). The van der Waals surface area contributed by atoms with E-state index in [1.54, 1.807) is 20.3 Å². The van der Waals surface area contributed by atoms with Crippen LogP contribution in [0.5, 0.6) is 57.5 Å². The molecule has 8 heterocycles. The number of likely N-dealkylation sites (N-methyl/N-ethyl adjacent to an activating group) is 2. The van der Waals surface area contributed by atoms with Gasteiger partial charge in [-0.2, -0.15) is 0 Å². The Kier molecular flexibility index (Phi) is 18.2. The number of aromatic hydroxyl groups is 2. The van der Waals surface area contributed by atoms with E-state index in [2.05, 4.69) is 9.80 Å². The second-order valence-electron chi connectivity index (χ2n) is 25.7. The fraction of sp³-hybridized carbons (Fsp3) is 0.432. The molecule has 22 nitrogen and oxygen atoms in total. The van der Waals surface area contributed by atoms with Crippen LogP contribution >= 0.6 is 0 Å². The Hall–Kier alpha value is -8.90. The molecule has 2 unspecified atom stereocenters. The minimum absolute atomic E-state index is 0.0169. The highest BCUT2D eigenvalue weighted by atomic mass is 16.7. The highest BCUT2D eigenvalue weighted by Gasteiger charge is 2.59. The lowest BCUT2D eigenvalue weighted by molar-refractivity contribution is -0.187. The third-order valence-electron chi connectivity index (χ3n) is 20.5. The maximum Gasteiger partial charge on any atom is 0.330 e. The number of carbonyl (C=O) groups is 4. The molecule has 4 bridgehead atoms. The van der Waals surface area contributed by atoms with Crippen LogP contribution in [0.15, 0.2) is 78.9 Å². The Morgan fingerprint density at radius 2 is 1.00 bits per heavy atom. The monoisotopic (exact) mass is 1310 g/mol. The first-order chi connectivity index (χ1) is 46.3. The summed E-state index contributed by atoms with van der Waals surface area (Å²) in [4.78, 5) is 59.8. The van der Waals surface area contributed by atoms with Crippen LogP contribution in [0, 0.1) is 27.7 Å². The number of phenols is 2. The SMILES string of the molecule is CCN1[C@@H]2c3c(cc(C)c(OC)c3O)C[C@H]1[C@H](O)N1C2Cc2c(OC(C)=O)c(C)c3c(c2[C@@H]1COC(=O)/C=C/c1ccccc1)OCO3.CCN1[C@@H]2c3c(cc(C)c(OC)c3O)C[C@H]1[C@H](O)N1C2Cc2c(OC(C)=O)c(C)c3c(c2[C@@H]1COC(=O)CCc1ccccc1)OCO3. The van der Waals surface area contributed by atoms with Crippen molar-refractivity contribution < 1.29 is 87.0 Å². The van der Waals surface area contributed by atoms with Crippen molar-refractivity contribution >= 4 is 30.0 Å². The Balaban J connectivity index is 0.000000174. The molecule has 6 aromatic rings. The van der Waals surface area contributed by atoms with Gasteiger partial charge in [0.1, 0.15) is 37.2 Å². The largest absolute Gasteiger partial charge is 0.504 e. The Bertz CT molecular complexity index is 4090. The number of piperazine rings is 2. The second-order valence-corrected chi connectivity index (χ2v) is 25.7. The standard InChI is InChI=1S/C37H42N2O9.C37H40N2O9/c2*1-6-38-26-15-23-14-19(2)33(44-5)32(42)29(23)31(38)25-16-24-30(36-35(46-18-47-36)20(3)34(24)48-21(4)40)27(39(25)37(26)43)17-45-28(41)13-12-22-10-8-7-9-11-22/h7-11,14,25-27,31,37,42-43H,6,12-13,15-18H2,1-5H3;7-14,25-27,31,37,42-43H,6,15-18H2,1-5H3/b;13-12+/t2*25?,26-,27-,31-,37-/m00/s1. The molecule has 4 N–H and O–H groups in total. The number of rotatable bonds is 15. The van der Waals surface area contributed by atoms with Gasteiger partial charge in [0.05, 0.1) is 50.5 Å². The highest BCUT2D eigenvalue weighted by Crippen LogP contribution is 2.61. The van der Waals surface area contributed by atoms with Crippen molar-refractivity contribution in [2.24, 2.45) is 0 Å². The van der Waals surface area contributed by atoms with E-state index in [0.717, 1.165) is 50.1 Å². The van der Waals surface area contributed by atoms with Gasteiger partial charge < -0.3 is 67.8 Å². The van der Waals surface area contributed by atoms with Crippen LogP contribution in [0.2, 0.25) is 0 Å². The fourth-order valence-electron chi connectivity index (χ4n) is 16.8. The summed E-state index contributed by atoms with van der Waals surface area (Å²) in [7, 11) is 3.09. The molecule has 2 fully saturated rings. The van der Waals surface area contributed by atoms with Crippen molar-refractivity contribution in [2.75, 3.05) is 54.1 Å². The van der Waals surface area contributed by atoms with Crippen molar-refractivity contribution in [3.8, 4) is 57.5 Å². The van der Waals surface area contributed by atoms with Crippen LogP contribution in [0.3, 0.4) is 0 Å². The number of benzene rings is 6. The molecular formula is C74H82N4O18. The third-order valence-corrected chi connectivity index (χ3v) is 20.5. The maximum absolute atomic E-state index is 13.2. The summed E-state index contributed by atoms with van der Waals surface area (Å²) in [5, 5.41) is 48.1. The van der Waals surface area contributed by atoms with Crippen molar-refractivity contribution in [3.63, 3.8) is 0 Å². The molecule has 0 saturated carbocycles. The van der Waals surface area contributed by atoms with E-state index in [9.17, 15) is 39.6 Å². The third kappa shape index (κ3) is 11.3. The zero-order valence-corrected chi connectivity index (χ0v) is 55.6. The summed E-state index contributed by atoms with van der Waals surface area (Å²) in [5.41, 5.74) is 10.9.